The van der Waals surface area contributed by atoms with Crippen LogP contribution in [0.5, 0.6) is 0 Å². The Labute approximate surface area is 187 Å². The molecule has 3 rings (SSSR count). The molecule has 1 heterocycles. The summed E-state index contributed by atoms with van der Waals surface area (Å²) in [5.41, 5.74) is 12.4. The van der Waals surface area contributed by atoms with Crippen molar-refractivity contribution >= 4 is 11.9 Å². The van der Waals surface area contributed by atoms with E-state index >= 15 is 0 Å². The maximum atomic E-state index is 13.4. The number of amides is 1. The summed E-state index contributed by atoms with van der Waals surface area (Å²) < 4.78 is 1.61. The van der Waals surface area contributed by atoms with Gasteiger partial charge in [-0.05, 0) is 43.0 Å². The minimum absolute atomic E-state index is 0.0536. The lowest BCUT2D eigenvalue weighted by molar-refractivity contribution is 0.0936. The number of guanidine groups is 1. The zero-order valence-electron chi connectivity index (χ0n) is 18.1. The molecule has 3 aromatic rings. The fourth-order valence-corrected chi connectivity index (χ4v) is 3.65. The van der Waals surface area contributed by atoms with Gasteiger partial charge in [0.25, 0.3) is 11.5 Å². The number of aliphatic imine (C=N–C) groups is 1. The first-order valence-electron chi connectivity index (χ1n) is 10.6. The van der Waals surface area contributed by atoms with Crippen molar-refractivity contribution in [2.45, 2.75) is 31.8 Å². The lowest BCUT2D eigenvalue weighted by Crippen LogP contribution is -2.38. The average Bonchev–Trinajstić information content (AvgIpc) is 2.79. The topological polar surface area (TPSA) is 116 Å². The molecule has 0 bridgehead atoms. The van der Waals surface area contributed by atoms with Crippen molar-refractivity contribution in [3.8, 4) is 0 Å². The molecule has 32 heavy (non-hydrogen) atoms. The van der Waals surface area contributed by atoms with E-state index in [0.717, 1.165) is 17.5 Å². The molecular weight excluding hydrogens is 402 g/mol. The molecule has 0 aliphatic rings. The summed E-state index contributed by atoms with van der Waals surface area (Å²) in [6.07, 6.45) is 3.14. The quantitative estimate of drug-likeness (QED) is 0.274. The minimum Gasteiger partial charge on any atom is -0.370 e. The summed E-state index contributed by atoms with van der Waals surface area (Å²) in [5.74, 6) is -0.337. The van der Waals surface area contributed by atoms with Gasteiger partial charge in [0.15, 0.2) is 5.96 Å². The van der Waals surface area contributed by atoms with Gasteiger partial charge in [0, 0.05) is 18.8 Å². The van der Waals surface area contributed by atoms with E-state index in [0.29, 0.717) is 13.0 Å². The van der Waals surface area contributed by atoms with Crippen molar-refractivity contribution in [3.05, 3.63) is 106 Å². The number of carbonyl (C=O) groups is 1. The van der Waals surface area contributed by atoms with E-state index < -0.39 is 5.91 Å². The molecule has 166 valence electrons. The van der Waals surface area contributed by atoms with Crippen LogP contribution in [0.25, 0.3) is 0 Å². The molecule has 7 nitrogen and oxygen atoms in total. The fraction of sp³-hybridized carbons (Fsp3) is 0.240. The molecule has 1 atom stereocenters. The Morgan fingerprint density at radius 3 is 2.12 bits per heavy atom. The van der Waals surface area contributed by atoms with E-state index in [-0.39, 0.29) is 29.2 Å². The van der Waals surface area contributed by atoms with Crippen LogP contribution in [0.1, 0.15) is 47.3 Å². The first kappa shape index (κ1) is 22.8. The SMILES string of the molecule is CC(CCCN=C(N)N)NC(=O)c1cccn(C(c2ccccc2)c2ccccc2)c1=O. The number of aromatic nitrogens is 1. The largest absolute Gasteiger partial charge is 0.370 e. The van der Waals surface area contributed by atoms with Gasteiger partial charge in [-0.25, -0.2) is 0 Å². The van der Waals surface area contributed by atoms with E-state index in [9.17, 15) is 9.59 Å². The summed E-state index contributed by atoms with van der Waals surface area (Å²) in [6, 6.07) is 22.4. The van der Waals surface area contributed by atoms with Gasteiger partial charge in [0.2, 0.25) is 0 Å². The predicted octanol–water partition coefficient (Wildman–Crippen LogP) is 2.66. The third-order valence-electron chi connectivity index (χ3n) is 5.20. The van der Waals surface area contributed by atoms with E-state index in [1.165, 1.54) is 0 Å². The number of nitrogens with two attached hydrogens (primary N) is 2. The van der Waals surface area contributed by atoms with Gasteiger partial charge in [-0.2, -0.15) is 0 Å². The number of hydrogen-bond acceptors (Lipinski definition) is 3. The highest BCUT2D eigenvalue weighted by molar-refractivity contribution is 5.94. The lowest BCUT2D eigenvalue weighted by atomic mass is 9.98. The van der Waals surface area contributed by atoms with Crippen LogP contribution in [0.4, 0.5) is 0 Å². The number of nitrogens with zero attached hydrogens (tertiary/aromatic N) is 2. The van der Waals surface area contributed by atoms with Crippen LogP contribution >= 0.6 is 0 Å². The molecule has 1 unspecified atom stereocenters. The van der Waals surface area contributed by atoms with Crippen LogP contribution in [0.2, 0.25) is 0 Å². The molecular formula is C25H29N5O2. The molecule has 2 aromatic carbocycles. The number of carbonyl (C=O) groups excluding carboxylic acids is 1. The molecule has 7 heteroatoms. The molecule has 0 saturated carbocycles. The van der Waals surface area contributed by atoms with Gasteiger partial charge in [-0.3, -0.25) is 14.6 Å². The Bertz CT molecular complexity index is 1070. The van der Waals surface area contributed by atoms with Gasteiger partial charge < -0.3 is 21.4 Å². The average molecular weight is 432 g/mol. The number of pyridine rings is 1. The molecule has 0 saturated heterocycles. The zero-order chi connectivity index (χ0) is 22.9. The number of rotatable bonds is 9. The van der Waals surface area contributed by atoms with Crippen molar-refractivity contribution < 1.29 is 4.79 Å². The first-order chi connectivity index (χ1) is 15.5. The Kier molecular flexibility index (Phi) is 7.80. The molecule has 0 spiro atoms. The van der Waals surface area contributed by atoms with Crippen molar-refractivity contribution in [2.75, 3.05) is 6.54 Å². The third-order valence-corrected chi connectivity index (χ3v) is 5.20. The Morgan fingerprint density at radius 2 is 1.56 bits per heavy atom. The summed E-state index contributed by atoms with van der Waals surface area (Å²) in [4.78, 5) is 30.2. The van der Waals surface area contributed by atoms with Crippen LogP contribution in [-0.2, 0) is 0 Å². The molecule has 0 radical (unpaired) electrons. The highest BCUT2D eigenvalue weighted by Crippen LogP contribution is 2.25. The molecule has 0 aliphatic heterocycles. The van der Waals surface area contributed by atoms with Gasteiger partial charge >= 0.3 is 0 Å². The third kappa shape index (κ3) is 5.85. The highest BCUT2D eigenvalue weighted by atomic mass is 16.2. The highest BCUT2D eigenvalue weighted by Gasteiger charge is 2.21. The normalized spacial score (nSPS) is 11.7. The first-order valence-corrected chi connectivity index (χ1v) is 10.6. The summed E-state index contributed by atoms with van der Waals surface area (Å²) in [7, 11) is 0. The number of benzene rings is 2. The van der Waals surface area contributed by atoms with Crippen molar-refractivity contribution in [1.29, 1.82) is 0 Å². The van der Waals surface area contributed by atoms with Crippen LogP contribution < -0.4 is 22.3 Å². The van der Waals surface area contributed by atoms with E-state index in [1.54, 1.807) is 22.9 Å². The monoisotopic (exact) mass is 431 g/mol. The minimum atomic E-state index is -0.390. The molecule has 1 aromatic heterocycles. The second kappa shape index (κ2) is 10.9. The smallest absolute Gasteiger partial charge is 0.264 e. The standard InChI is InChI=1S/C25H29N5O2/c1-18(10-8-16-28-25(26)27)29-23(31)21-15-9-17-30(24(21)32)22(19-11-4-2-5-12-19)20-13-6-3-7-14-20/h2-7,9,11-15,17-18,22H,8,10,16H2,1H3,(H,29,31)(H4,26,27,28). The number of nitrogens with one attached hydrogen (secondary N) is 1. The van der Waals surface area contributed by atoms with Crippen LogP contribution in [-0.4, -0.2) is 29.0 Å². The number of hydrogen-bond donors (Lipinski definition) is 3. The zero-order valence-corrected chi connectivity index (χ0v) is 18.1. The fourth-order valence-electron chi connectivity index (χ4n) is 3.65. The Hall–Kier alpha value is -3.87. The molecule has 0 fully saturated rings. The maximum absolute atomic E-state index is 13.4. The maximum Gasteiger partial charge on any atom is 0.264 e. The summed E-state index contributed by atoms with van der Waals surface area (Å²) >= 11 is 0. The summed E-state index contributed by atoms with van der Waals surface area (Å²) in [6.45, 7) is 2.39. The van der Waals surface area contributed by atoms with E-state index in [1.807, 2.05) is 67.6 Å². The van der Waals surface area contributed by atoms with Crippen molar-refractivity contribution in [2.24, 2.45) is 16.5 Å². The second-order valence-corrected chi connectivity index (χ2v) is 7.68. The van der Waals surface area contributed by atoms with E-state index in [4.69, 9.17) is 11.5 Å². The summed E-state index contributed by atoms with van der Waals surface area (Å²) in [5, 5.41) is 2.91. The van der Waals surface area contributed by atoms with Gasteiger partial charge in [-0.15, -0.1) is 0 Å². The van der Waals surface area contributed by atoms with E-state index in [2.05, 4.69) is 10.3 Å². The molecule has 5 N–H and O–H groups in total. The Morgan fingerprint density at radius 1 is 0.969 bits per heavy atom. The van der Waals surface area contributed by atoms with Crippen LogP contribution in [0.3, 0.4) is 0 Å². The van der Waals surface area contributed by atoms with Gasteiger partial charge in [0.05, 0.1) is 6.04 Å². The van der Waals surface area contributed by atoms with Gasteiger partial charge in [0.1, 0.15) is 5.56 Å². The van der Waals surface area contributed by atoms with Gasteiger partial charge in [-0.1, -0.05) is 60.7 Å². The lowest BCUT2D eigenvalue weighted by Gasteiger charge is -2.22. The van der Waals surface area contributed by atoms with Crippen molar-refractivity contribution in [1.82, 2.24) is 9.88 Å². The Balaban J connectivity index is 1.85. The van der Waals surface area contributed by atoms with Crippen LogP contribution in [0.15, 0.2) is 88.8 Å². The second-order valence-electron chi connectivity index (χ2n) is 7.68. The van der Waals surface area contributed by atoms with Crippen LogP contribution in [0, 0.1) is 0 Å². The predicted molar refractivity (Wildman–Crippen MR) is 128 cm³/mol. The molecule has 0 aliphatic carbocycles. The molecule has 1 amide bonds. The van der Waals surface area contributed by atoms with Crippen molar-refractivity contribution in [3.63, 3.8) is 0 Å².